The molecule has 0 N–H and O–H groups in total. The van der Waals surface area contributed by atoms with Crippen molar-refractivity contribution < 1.29 is 9.53 Å². The fraction of sp³-hybridized carbons (Fsp3) is 0.182. The number of rotatable bonds is 3. The molecule has 0 spiro atoms. The van der Waals surface area contributed by atoms with Crippen molar-refractivity contribution >= 4 is 17.6 Å². The molecular weight excluding hydrogens is 242 g/mol. The summed E-state index contributed by atoms with van der Waals surface area (Å²) in [6.07, 6.45) is 1.37. The van der Waals surface area contributed by atoms with Gasteiger partial charge in [-0.25, -0.2) is 9.48 Å². The molecule has 88 valence electrons. The second-order valence-corrected chi connectivity index (χ2v) is 3.66. The molecule has 17 heavy (non-hydrogen) atoms. The third kappa shape index (κ3) is 2.45. The van der Waals surface area contributed by atoms with E-state index < -0.39 is 5.97 Å². The third-order valence-electron chi connectivity index (χ3n) is 2.11. The monoisotopic (exact) mass is 251 g/mol. The molecule has 0 aliphatic carbocycles. The number of hydrogen-bond donors (Lipinski definition) is 0. The lowest BCUT2D eigenvalue weighted by Gasteiger charge is -2.05. The number of benzene rings is 1. The quantitative estimate of drug-likeness (QED) is 0.784. The largest absolute Gasteiger partial charge is 0.461 e. The molecule has 2 aromatic rings. The van der Waals surface area contributed by atoms with Crippen LogP contribution in [0.5, 0.6) is 0 Å². The molecule has 6 heteroatoms. The summed E-state index contributed by atoms with van der Waals surface area (Å²) in [4.78, 5) is 11.6. The van der Waals surface area contributed by atoms with Crippen molar-refractivity contribution in [1.29, 1.82) is 0 Å². The second-order valence-electron chi connectivity index (χ2n) is 3.23. The molecule has 0 saturated carbocycles. The highest BCUT2D eigenvalue weighted by Gasteiger charge is 2.15. The smallest absolute Gasteiger partial charge is 0.358 e. The number of aromatic nitrogens is 3. The minimum atomic E-state index is -0.451. The van der Waals surface area contributed by atoms with Gasteiger partial charge in [-0.05, 0) is 31.2 Å². The van der Waals surface area contributed by atoms with E-state index in [0.29, 0.717) is 17.3 Å². The van der Waals surface area contributed by atoms with Gasteiger partial charge in [0.15, 0.2) is 5.69 Å². The van der Waals surface area contributed by atoms with Gasteiger partial charge in [-0.3, -0.25) is 0 Å². The Balaban J connectivity index is 2.36. The molecule has 0 aliphatic rings. The zero-order valence-corrected chi connectivity index (χ0v) is 9.89. The average molecular weight is 252 g/mol. The Bertz CT molecular complexity index is 522. The molecule has 0 aliphatic heterocycles. The first-order valence-corrected chi connectivity index (χ1v) is 5.44. The molecule has 2 rings (SSSR count). The van der Waals surface area contributed by atoms with E-state index in [0.717, 1.165) is 0 Å². The molecule has 0 bridgehead atoms. The van der Waals surface area contributed by atoms with Crippen LogP contribution in [0.15, 0.2) is 30.5 Å². The van der Waals surface area contributed by atoms with E-state index in [9.17, 15) is 4.79 Å². The number of hydrogen-bond acceptors (Lipinski definition) is 4. The predicted octanol–water partition coefficient (Wildman–Crippen LogP) is 2.10. The van der Waals surface area contributed by atoms with Crippen molar-refractivity contribution in [3.8, 4) is 5.69 Å². The minimum absolute atomic E-state index is 0.286. The van der Waals surface area contributed by atoms with E-state index in [4.69, 9.17) is 16.3 Å². The minimum Gasteiger partial charge on any atom is -0.461 e. The van der Waals surface area contributed by atoms with Crippen molar-refractivity contribution in [2.75, 3.05) is 6.61 Å². The Kier molecular flexibility index (Phi) is 3.39. The summed E-state index contributed by atoms with van der Waals surface area (Å²) in [7, 11) is 0. The first-order chi connectivity index (χ1) is 8.22. The topological polar surface area (TPSA) is 57.0 Å². The van der Waals surface area contributed by atoms with Gasteiger partial charge >= 0.3 is 5.97 Å². The standard InChI is InChI=1S/C11H10ClN3O2/c1-2-17-11(16)10-7-13-14-15(10)9-5-3-8(12)4-6-9/h3-7H,2H2,1H3. The maximum Gasteiger partial charge on any atom is 0.358 e. The summed E-state index contributed by atoms with van der Waals surface area (Å²) in [6.45, 7) is 2.05. The molecule has 5 nitrogen and oxygen atoms in total. The number of carbonyl (C=O) groups is 1. The van der Waals surface area contributed by atoms with E-state index in [1.165, 1.54) is 10.9 Å². The number of halogens is 1. The van der Waals surface area contributed by atoms with Gasteiger partial charge in [0.25, 0.3) is 0 Å². The van der Waals surface area contributed by atoms with Gasteiger partial charge in [0.05, 0.1) is 18.5 Å². The van der Waals surface area contributed by atoms with Gasteiger partial charge in [0, 0.05) is 5.02 Å². The molecule has 1 aromatic carbocycles. The average Bonchev–Trinajstić information content (AvgIpc) is 2.79. The summed E-state index contributed by atoms with van der Waals surface area (Å²) in [5, 5.41) is 8.16. The fourth-order valence-electron chi connectivity index (χ4n) is 1.35. The molecule has 0 unspecified atom stereocenters. The Hall–Kier alpha value is -1.88. The van der Waals surface area contributed by atoms with E-state index in [2.05, 4.69) is 10.3 Å². The zero-order chi connectivity index (χ0) is 12.3. The molecule has 1 aromatic heterocycles. The number of ether oxygens (including phenoxy) is 1. The van der Waals surface area contributed by atoms with Crippen LogP contribution in [0.3, 0.4) is 0 Å². The van der Waals surface area contributed by atoms with Crippen molar-refractivity contribution in [1.82, 2.24) is 15.0 Å². The first-order valence-electron chi connectivity index (χ1n) is 5.06. The van der Waals surface area contributed by atoms with Crippen LogP contribution < -0.4 is 0 Å². The fourth-order valence-corrected chi connectivity index (χ4v) is 1.48. The number of esters is 1. The van der Waals surface area contributed by atoms with Crippen molar-refractivity contribution in [2.45, 2.75) is 6.92 Å². The van der Waals surface area contributed by atoms with Gasteiger partial charge in [-0.2, -0.15) is 0 Å². The van der Waals surface area contributed by atoms with Gasteiger partial charge in [0.2, 0.25) is 0 Å². The second kappa shape index (κ2) is 4.97. The summed E-state index contributed by atoms with van der Waals surface area (Å²) < 4.78 is 6.32. The van der Waals surface area contributed by atoms with Crippen LogP contribution in [-0.4, -0.2) is 27.6 Å². The maximum atomic E-state index is 11.6. The van der Waals surface area contributed by atoms with E-state index in [1.54, 1.807) is 31.2 Å². The highest BCUT2D eigenvalue weighted by molar-refractivity contribution is 6.30. The molecule has 1 heterocycles. The van der Waals surface area contributed by atoms with Crippen molar-refractivity contribution in [3.05, 3.63) is 41.2 Å². The first kappa shape index (κ1) is 11.6. The lowest BCUT2D eigenvalue weighted by molar-refractivity contribution is 0.0515. The third-order valence-corrected chi connectivity index (χ3v) is 2.36. The summed E-state index contributed by atoms with van der Waals surface area (Å²) in [5.41, 5.74) is 0.990. The molecule has 0 saturated heterocycles. The van der Waals surface area contributed by atoms with Crippen molar-refractivity contribution in [3.63, 3.8) is 0 Å². The van der Waals surface area contributed by atoms with Gasteiger partial charge < -0.3 is 4.74 Å². The van der Waals surface area contributed by atoms with Crippen LogP contribution in [-0.2, 0) is 4.74 Å². The highest BCUT2D eigenvalue weighted by atomic mass is 35.5. The van der Waals surface area contributed by atoms with E-state index in [-0.39, 0.29) is 5.69 Å². The highest BCUT2D eigenvalue weighted by Crippen LogP contribution is 2.14. The van der Waals surface area contributed by atoms with E-state index in [1.807, 2.05) is 0 Å². The maximum absolute atomic E-state index is 11.6. The van der Waals surface area contributed by atoms with Gasteiger partial charge in [-0.1, -0.05) is 16.8 Å². The summed E-state index contributed by atoms with van der Waals surface area (Å²) in [6, 6.07) is 6.93. The van der Waals surface area contributed by atoms with Crippen LogP contribution >= 0.6 is 11.6 Å². The molecule has 0 fully saturated rings. The van der Waals surface area contributed by atoms with Crippen LogP contribution in [0, 0.1) is 0 Å². The van der Waals surface area contributed by atoms with Gasteiger partial charge in [0.1, 0.15) is 0 Å². The van der Waals surface area contributed by atoms with Crippen LogP contribution in [0.25, 0.3) is 5.69 Å². The zero-order valence-electron chi connectivity index (χ0n) is 9.13. The number of nitrogens with zero attached hydrogens (tertiary/aromatic N) is 3. The van der Waals surface area contributed by atoms with E-state index >= 15 is 0 Å². The normalized spacial score (nSPS) is 10.2. The van der Waals surface area contributed by atoms with Crippen LogP contribution in [0.2, 0.25) is 5.02 Å². The Morgan fingerprint density at radius 3 is 2.76 bits per heavy atom. The lowest BCUT2D eigenvalue weighted by atomic mass is 10.3. The van der Waals surface area contributed by atoms with Crippen LogP contribution in [0.1, 0.15) is 17.4 Å². The summed E-state index contributed by atoms with van der Waals surface area (Å²) in [5.74, 6) is -0.451. The predicted molar refractivity (Wildman–Crippen MR) is 62.3 cm³/mol. The Morgan fingerprint density at radius 1 is 1.41 bits per heavy atom. The number of carbonyl (C=O) groups excluding carboxylic acids is 1. The Labute approximate surface area is 103 Å². The Morgan fingerprint density at radius 2 is 2.12 bits per heavy atom. The molecule has 0 atom stereocenters. The lowest BCUT2D eigenvalue weighted by Crippen LogP contribution is -2.11. The molecular formula is C11H10ClN3O2. The SMILES string of the molecule is CCOC(=O)c1cnnn1-c1ccc(Cl)cc1. The molecule has 0 amide bonds. The molecule has 0 radical (unpaired) electrons. The van der Waals surface area contributed by atoms with Crippen LogP contribution in [0.4, 0.5) is 0 Å². The van der Waals surface area contributed by atoms with Gasteiger partial charge in [-0.15, -0.1) is 5.10 Å². The summed E-state index contributed by atoms with van der Waals surface area (Å²) >= 11 is 5.79. The van der Waals surface area contributed by atoms with Crippen molar-refractivity contribution in [2.24, 2.45) is 0 Å².